The molecule has 2 aromatic heterocycles. The molecule has 0 radical (unpaired) electrons. The van der Waals surface area contributed by atoms with Gasteiger partial charge in [-0.2, -0.15) is 5.10 Å². The fraction of sp³-hybridized carbons (Fsp3) is 0.364. The van der Waals surface area contributed by atoms with Crippen molar-refractivity contribution in [1.29, 1.82) is 0 Å². The van der Waals surface area contributed by atoms with Crippen LogP contribution in [0.25, 0.3) is 0 Å². The van der Waals surface area contributed by atoms with E-state index in [4.69, 9.17) is 5.73 Å². The molecule has 0 amide bonds. The third kappa shape index (κ3) is 2.78. The lowest BCUT2D eigenvalue weighted by atomic mass is 10.0. The lowest BCUT2D eigenvalue weighted by Crippen LogP contribution is -2.22. The van der Waals surface area contributed by atoms with Crippen LogP contribution in [0.4, 0.5) is 0 Å². The van der Waals surface area contributed by atoms with Gasteiger partial charge in [0.2, 0.25) is 0 Å². The average Bonchev–Trinajstić information content (AvgIpc) is 2.87. The molecule has 1 unspecified atom stereocenters. The Hall–Kier alpha value is -1.53. The van der Waals surface area contributed by atoms with E-state index in [0.29, 0.717) is 0 Å². The number of hydrogen-bond donors (Lipinski definition) is 1. The largest absolute Gasteiger partial charge is 0.318 e. The summed E-state index contributed by atoms with van der Waals surface area (Å²) in [5.74, 6) is -0.0386. The van der Waals surface area contributed by atoms with E-state index in [2.05, 4.69) is 10.1 Å². The van der Waals surface area contributed by atoms with E-state index < -0.39 is 6.04 Å². The molecule has 2 heterocycles. The highest BCUT2D eigenvalue weighted by molar-refractivity contribution is 7.09. The third-order valence-corrected chi connectivity index (χ3v) is 3.28. The maximum atomic E-state index is 11.9. The predicted octanol–water partition coefficient (Wildman–Crippen LogP) is 0.997. The summed E-state index contributed by atoms with van der Waals surface area (Å²) < 4.78 is 1.63. The first kappa shape index (κ1) is 11.9. The molecule has 90 valence electrons. The number of carbonyl (C=O) groups is 1. The molecule has 0 saturated carbocycles. The van der Waals surface area contributed by atoms with Crippen LogP contribution in [-0.4, -0.2) is 20.5 Å². The highest BCUT2D eigenvalue weighted by Crippen LogP contribution is 2.14. The SMILES string of the molecule is Cc1nc(CC(=O)C(N)c2cnn(C)c2)cs1. The second-order valence-electron chi connectivity index (χ2n) is 3.93. The van der Waals surface area contributed by atoms with Crippen LogP contribution in [-0.2, 0) is 18.3 Å². The lowest BCUT2D eigenvalue weighted by molar-refractivity contribution is -0.119. The van der Waals surface area contributed by atoms with Crippen LogP contribution < -0.4 is 5.73 Å². The first-order valence-electron chi connectivity index (χ1n) is 5.24. The zero-order valence-electron chi connectivity index (χ0n) is 9.75. The highest BCUT2D eigenvalue weighted by Gasteiger charge is 2.18. The number of thiazole rings is 1. The standard InChI is InChI=1S/C11H14N4OS/c1-7-14-9(6-17-7)3-10(16)11(12)8-4-13-15(2)5-8/h4-6,11H,3,12H2,1-2H3. The van der Waals surface area contributed by atoms with Crippen molar-refractivity contribution in [3.63, 3.8) is 0 Å². The molecule has 17 heavy (non-hydrogen) atoms. The van der Waals surface area contributed by atoms with E-state index in [-0.39, 0.29) is 12.2 Å². The summed E-state index contributed by atoms with van der Waals surface area (Å²) in [6.45, 7) is 1.92. The van der Waals surface area contributed by atoms with Gasteiger partial charge in [0, 0.05) is 24.2 Å². The molecule has 2 rings (SSSR count). The summed E-state index contributed by atoms with van der Waals surface area (Å²) in [6.07, 6.45) is 3.66. The number of hydrogen-bond acceptors (Lipinski definition) is 5. The van der Waals surface area contributed by atoms with E-state index >= 15 is 0 Å². The molecular weight excluding hydrogens is 236 g/mol. The van der Waals surface area contributed by atoms with Gasteiger partial charge < -0.3 is 5.73 Å². The number of nitrogens with two attached hydrogens (primary N) is 1. The molecular formula is C11H14N4OS. The van der Waals surface area contributed by atoms with Crippen molar-refractivity contribution in [2.45, 2.75) is 19.4 Å². The Morgan fingerprint density at radius 3 is 2.94 bits per heavy atom. The molecule has 0 aliphatic carbocycles. The van der Waals surface area contributed by atoms with Crippen LogP contribution in [0, 0.1) is 6.92 Å². The number of Topliss-reactive ketones (excluding diaryl/α,β-unsaturated/α-hetero) is 1. The number of carbonyl (C=O) groups excluding carboxylic acids is 1. The van der Waals surface area contributed by atoms with Gasteiger partial charge in [-0.15, -0.1) is 11.3 Å². The zero-order chi connectivity index (χ0) is 12.4. The Balaban J connectivity index is 2.05. The van der Waals surface area contributed by atoms with Crippen LogP contribution >= 0.6 is 11.3 Å². The summed E-state index contributed by atoms with van der Waals surface area (Å²) in [6, 6.07) is -0.620. The Morgan fingerprint density at radius 2 is 2.41 bits per heavy atom. The average molecular weight is 250 g/mol. The van der Waals surface area contributed by atoms with Gasteiger partial charge in [0.05, 0.1) is 29.4 Å². The van der Waals surface area contributed by atoms with Gasteiger partial charge in [-0.3, -0.25) is 9.48 Å². The molecule has 0 aromatic carbocycles. The Labute approximate surface area is 103 Å². The summed E-state index contributed by atoms with van der Waals surface area (Å²) in [5.41, 5.74) is 7.41. The van der Waals surface area contributed by atoms with Crippen molar-refractivity contribution in [2.24, 2.45) is 12.8 Å². The maximum Gasteiger partial charge on any atom is 0.160 e. The van der Waals surface area contributed by atoms with E-state index in [0.717, 1.165) is 16.3 Å². The summed E-state index contributed by atoms with van der Waals surface area (Å²) in [7, 11) is 1.80. The third-order valence-electron chi connectivity index (χ3n) is 2.45. The number of nitrogens with zero attached hydrogens (tertiary/aromatic N) is 3. The molecule has 1 atom stereocenters. The molecule has 0 spiro atoms. The minimum atomic E-state index is -0.620. The monoisotopic (exact) mass is 250 g/mol. The summed E-state index contributed by atoms with van der Waals surface area (Å²) in [4.78, 5) is 16.2. The van der Waals surface area contributed by atoms with Crippen molar-refractivity contribution in [2.75, 3.05) is 0 Å². The van der Waals surface area contributed by atoms with Crippen molar-refractivity contribution < 1.29 is 4.79 Å². The quantitative estimate of drug-likeness (QED) is 0.878. The zero-order valence-corrected chi connectivity index (χ0v) is 10.6. The molecule has 0 aliphatic heterocycles. The van der Waals surface area contributed by atoms with Crippen molar-refractivity contribution in [1.82, 2.24) is 14.8 Å². The van der Waals surface area contributed by atoms with Crippen molar-refractivity contribution >= 4 is 17.1 Å². The Bertz CT molecular complexity index is 531. The van der Waals surface area contributed by atoms with Gasteiger partial charge in [-0.25, -0.2) is 4.98 Å². The Kier molecular flexibility index (Phi) is 3.35. The molecule has 0 aliphatic rings. The first-order valence-corrected chi connectivity index (χ1v) is 6.12. The second kappa shape index (κ2) is 4.77. The minimum absolute atomic E-state index is 0.0386. The number of ketones is 1. The van der Waals surface area contributed by atoms with Crippen LogP contribution in [0.2, 0.25) is 0 Å². The van der Waals surface area contributed by atoms with Gasteiger partial charge in [0.15, 0.2) is 5.78 Å². The molecule has 5 nitrogen and oxygen atoms in total. The van der Waals surface area contributed by atoms with Gasteiger partial charge in [0.1, 0.15) is 0 Å². The van der Waals surface area contributed by atoms with Gasteiger partial charge in [-0.05, 0) is 6.92 Å². The molecule has 0 bridgehead atoms. The maximum absolute atomic E-state index is 11.9. The fourth-order valence-electron chi connectivity index (χ4n) is 1.56. The molecule has 2 N–H and O–H groups in total. The topological polar surface area (TPSA) is 73.8 Å². The minimum Gasteiger partial charge on any atom is -0.318 e. The lowest BCUT2D eigenvalue weighted by Gasteiger charge is -2.06. The van der Waals surface area contributed by atoms with E-state index in [1.165, 1.54) is 11.3 Å². The number of rotatable bonds is 4. The highest BCUT2D eigenvalue weighted by atomic mass is 32.1. The van der Waals surface area contributed by atoms with Gasteiger partial charge in [-0.1, -0.05) is 0 Å². The Morgan fingerprint density at radius 1 is 1.65 bits per heavy atom. The number of aryl methyl sites for hydroxylation is 2. The van der Waals surface area contributed by atoms with Crippen molar-refractivity contribution in [3.05, 3.63) is 34.0 Å². The number of aromatic nitrogens is 3. The van der Waals surface area contributed by atoms with Gasteiger partial charge in [0.25, 0.3) is 0 Å². The van der Waals surface area contributed by atoms with Crippen LogP contribution in [0.5, 0.6) is 0 Å². The van der Waals surface area contributed by atoms with Crippen LogP contribution in [0.15, 0.2) is 17.8 Å². The molecule has 2 aromatic rings. The second-order valence-corrected chi connectivity index (χ2v) is 4.99. The summed E-state index contributed by atoms with van der Waals surface area (Å²) in [5, 5.41) is 6.86. The normalized spacial score (nSPS) is 12.6. The first-order chi connectivity index (χ1) is 8.06. The summed E-state index contributed by atoms with van der Waals surface area (Å²) >= 11 is 1.54. The van der Waals surface area contributed by atoms with E-state index in [9.17, 15) is 4.79 Å². The smallest absolute Gasteiger partial charge is 0.160 e. The van der Waals surface area contributed by atoms with Crippen LogP contribution in [0.3, 0.4) is 0 Å². The van der Waals surface area contributed by atoms with E-state index in [1.807, 2.05) is 12.3 Å². The molecule has 0 fully saturated rings. The fourth-order valence-corrected chi connectivity index (χ4v) is 2.18. The van der Waals surface area contributed by atoms with Gasteiger partial charge >= 0.3 is 0 Å². The van der Waals surface area contributed by atoms with E-state index in [1.54, 1.807) is 24.1 Å². The van der Waals surface area contributed by atoms with Crippen molar-refractivity contribution in [3.8, 4) is 0 Å². The van der Waals surface area contributed by atoms with Crippen LogP contribution in [0.1, 0.15) is 22.3 Å². The molecule has 0 saturated heterocycles. The predicted molar refractivity (Wildman–Crippen MR) is 65.7 cm³/mol. The molecule has 6 heteroatoms.